The van der Waals surface area contributed by atoms with Crippen molar-refractivity contribution < 1.29 is 46.8 Å². The van der Waals surface area contributed by atoms with Crippen LogP contribution in [0, 0.1) is 34.5 Å². The molecule has 3 aliphatic carbocycles. The van der Waals surface area contributed by atoms with Crippen molar-refractivity contribution in [3.05, 3.63) is 35.5 Å². The minimum Gasteiger partial charge on any atom is -0.393 e. The molecule has 3 aliphatic rings. The Kier molecular flexibility index (Phi) is 10.4. The zero-order valence-corrected chi connectivity index (χ0v) is 25.5. The van der Waals surface area contributed by atoms with Crippen molar-refractivity contribution in [3.8, 4) is 11.8 Å². The molecule has 0 saturated heterocycles. The summed E-state index contributed by atoms with van der Waals surface area (Å²) < 4.78 is 79.9. The third kappa shape index (κ3) is 7.71. The first-order chi connectivity index (χ1) is 19.5. The number of rotatable bonds is 7. The molecule has 0 bridgehead atoms. The van der Waals surface area contributed by atoms with Gasteiger partial charge in [-0.3, -0.25) is 0 Å². The van der Waals surface area contributed by atoms with E-state index >= 15 is 0 Å². The Hall–Kier alpha value is -1.80. The van der Waals surface area contributed by atoms with Gasteiger partial charge in [-0.2, -0.15) is 26.3 Å². The van der Waals surface area contributed by atoms with Gasteiger partial charge in [-0.05, 0) is 105 Å². The summed E-state index contributed by atoms with van der Waals surface area (Å²) in [6.07, 6.45) is -3.77. The van der Waals surface area contributed by atoms with Gasteiger partial charge in [0.1, 0.15) is 0 Å². The molecule has 0 aromatic carbocycles. The van der Waals surface area contributed by atoms with Crippen LogP contribution >= 0.6 is 0 Å². The molecular formula is C33H46F6O4. The van der Waals surface area contributed by atoms with E-state index in [1.165, 1.54) is 5.57 Å². The van der Waals surface area contributed by atoms with E-state index in [2.05, 4.69) is 19.4 Å². The van der Waals surface area contributed by atoms with Crippen LogP contribution in [0.15, 0.2) is 35.5 Å². The lowest BCUT2D eigenvalue weighted by Gasteiger charge is -2.49. The molecule has 4 N–H and O–H groups in total. The Morgan fingerprint density at radius 3 is 2.19 bits per heavy atom. The maximum atomic E-state index is 13.3. The van der Waals surface area contributed by atoms with Crippen LogP contribution in [0.4, 0.5) is 26.3 Å². The van der Waals surface area contributed by atoms with Crippen LogP contribution in [0.1, 0.15) is 98.3 Å². The van der Waals surface area contributed by atoms with Crippen molar-refractivity contribution in [2.45, 2.75) is 134 Å². The summed E-state index contributed by atoms with van der Waals surface area (Å²) in [6.45, 7) is 11.3. The number of allylic oxidation sites excluding steroid dienone is 3. The van der Waals surface area contributed by atoms with Crippen LogP contribution in [0.3, 0.4) is 0 Å². The van der Waals surface area contributed by atoms with Gasteiger partial charge >= 0.3 is 18.0 Å². The Labute approximate surface area is 251 Å². The zero-order chi connectivity index (χ0) is 32.6. The largest absolute Gasteiger partial charge is 0.438 e. The normalized spacial score (nSPS) is 32.4. The number of hydrogen-bond acceptors (Lipinski definition) is 4. The van der Waals surface area contributed by atoms with Crippen LogP contribution < -0.4 is 0 Å². The summed E-state index contributed by atoms with van der Waals surface area (Å²) in [7, 11) is 0. The standard InChI is InChI=1S/C33H46F6O4/c1-21-23(19-24(40)20-26(21)41)11-10-22-9-6-17-30(5)25(22)12-13-27(30)29(4,15-7-14-28(2,3)42)16-8-18-31(43,32(34,35)36)33(37,38)39/h10-11,24-27,40-43H,1,6-7,9,12-17,19-20H2,2-5H3/t24?,25?,26-,27+,29-,30-/m0/s1. The number of fused-ring (bicyclic) bond motifs is 1. The molecule has 0 aromatic heterocycles. The molecule has 0 heterocycles. The summed E-state index contributed by atoms with van der Waals surface area (Å²) in [5.41, 5.74) is -4.60. The first-order valence-corrected chi connectivity index (χ1v) is 15.1. The van der Waals surface area contributed by atoms with Gasteiger partial charge in [-0.1, -0.05) is 50.5 Å². The third-order valence-corrected chi connectivity index (χ3v) is 10.2. The second-order valence-corrected chi connectivity index (χ2v) is 14.1. The highest BCUT2D eigenvalue weighted by Crippen LogP contribution is 2.63. The highest BCUT2D eigenvalue weighted by atomic mass is 19.4. The number of alkyl halides is 6. The monoisotopic (exact) mass is 620 g/mol. The van der Waals surface area contributed by atoms with Gasteiger partial charge in [0.05, 0.1) is 17.8 Å². The second kappa shape index (κ2) is 12.5. The third-order valence-electron chi connectivity index (χ3n) is 10.2. The fourth-order valence-electron chi connectivity index (χ4n) is 7.84. The van der Waals surface area contributed by atoms with Gasteiger partial charge < -0.3 is 20.4 Å². The molecular weight excluding hydrogens is 574 g/mol. The average Bonchev–Trinajstić information content (AvgIpc) is 3.21. The highest BCUT2D eigenvalue weighted by Gasteiger charge is 2.70. The van der Waals surface area contributed by atoms with Gasteiger partial charge in [0.2, 0.25) is 0 Å². The summed E-state index contributed by atoms with van der Waals surface area (Å²) in [6, 6.07) is 0. The zero-order valence-electron chi connectivity index (χ0n) is 25.5. The van der Waals surface area contributed by atoms with Crippen molar-refractivity contribution >= 4 is 0 Å². The molecule has 10 heteroatoms. The predicted octanol–water partition coefficient (Wildman–Crippen LogP) is 7.32. The van der Waals surface area contributed by atoms with Crippen molar-refractivity contribution in [2.75, 3.05) is 0 Å². The fourth-order valence-corrected chi connectivity index (χ4v) is 7.84. The number of aliphatic hydroxyl groups excluding tert-OH is 2. The Morgan fingerprint density at radius 2 is 1.60 bits per heavy atom. The van der Waals surface area contributed by atoms with Crippen LogP contribution in [-0.2, 0) is 0 Å². The van der Waals surface area contributed by atoms with Gasteiger partial charge in [0, 0.05) is 12.8 Å². The number of aliphatic hydroxyl groups is 4. The molecule has 43 heavy (non-hydrogen) atoms. The first kappa shape index (κ1) is 35.7. The van der Waals surface area contributed by atoms with E-state index in [0.717, 1.165) is 37.2 Å². The maximum absolute atomic E-state index is 13.3. The Bertz CT molecular complexity index is 1140. The second-order valence-electron chi connectivity index (χ2n) is 14.1. The maximum Gasteiger partial charge on any atom is 0.438 e. The molecule has 244 valence electrons. The van der Waals surface area contributed by atoms with E-state index in [-0.39, 0.29) is 30.1 Å². The molecule has 6 atom stereocenters. The molecule has 2 unspecified atom stereocenters. The summed E-state index contributed by atoms with van der Waals surface area (Å²) in [5, 5.41) is 40.2. The molecule has 0 amide bonds. The van der Waals surface area contributed by atoms with Crippen LogP contribution in [0.5, 0.6) is 0 Å². The summed E-state index contributed by atoms with van der Waals surface area (Å²) >= 11 is 0. The van der Waals surface area contributed by atoms with E-state index in [1.54, 1.807) is 13.8 Å². The SMILES string of the molecule is C=C1C(=CC=C2CCC[C@@]3(C)C2CC[C@@H]3[C@](C)(CC#CC(O)(C(F)(F)F)C(F)(F)F)CCCC(C)(C)O)CC(O)C[C@@H]1O. The predicted molar refractivity (Wildman–Crippen MR) is 152 cm³/mol. The van der Waals surface area contributed by atoms with Crippen molar-refractivity contribution in [1.29, 1.82) is 0 Å². The van der Waals surface area contributed by atoms with E-state index in [4.69, 9.17) is 0 Å². The minimum atomic E-state index is -6.01. The smallest absolute Gasteiger partial charge is 0.393 e. The minimum absolute atomic E-state index is 0.0735. The van der Waals surface area contributed by atoms with Gasteiger partial charge in [-0.25, -0.2) is 0 Å². The van der Waals surface area contributed by atoms with Crippen LogP contribution in [0.2, 0.25) is 0 Å². The van der Waals surface area contributed by atoms with E-state index in [1.807, 2.05) is 19.1 Å². The fraction of sp³-hybridized carbons (Fsp3) is 0.758. The Morgan fingerprint density at radius 1 is 0.977 bits per heavy atom. The molecule has 0 aliphatic heterocycles. The van der Waals surface area contributed by atoms with Gasteiger partial charge in [0.25, 0.3) is 0 Å². The van der Waals surface area contributed by atoms with E-state index in [9.17, 15) is 46.8 Å². The summed E-state index contributed by atoms with van der Waals surface area (Å²) in [5.74, 6) is 3.35. The molecule has 4 nitrogen and oxygen atoms in total. The first-order valence-electron chi connectivity index (χ1n) is 15.1. The lowest BCUT2D eigenvalue weighted by molar-refractivity contribution is -0.343. The molecule has 3 rings (SSSR count). The summed E-state index contributed by atoms with van der Waals surface area (Å²) in [4.78, 5) is 0. The van der Waals surface area contributed by atoms with Gasteiger partial charge in [0.15, 0.2) is 0 Å². The van der Waals surface area contributed by atoms with Crippen molar-refractivity contribution in [3.63, 3.8) is 0 Å². The van der Waals surface area contributed by atoms with Crippen LogP contribution in [0.25, 0.3) is 0 Å². The van der Waals surface area contributed by atoms with Gasteiger partial charge in [-0.15, -0.1) is 0 Å². The number of hydrogen-bond donors (Lipinski definition) is 4. The van der Waals surface area contributed by atoms with E-state index < -0.39 is 41.2 Å². The molecule has 0 aromatic rings. The molecule has 0 spiro atoms. The average molecular weight is 621 g/mol. The van der Waals surface area contributed by atoms with Crippen molar-refractivity contribution in [1.82, 2.24) is 0 Å². The number of halogens is 6. The van der Waals surface area contributed by atoms with Crippen molar-refractivity contribution in [2.24, 2.45) is 22.7 Å². The van der Waals surface area contributed by atoms with Crippen LogP contribution in [-0.4, -0.2) is 56.2 Å². The Balaban J connectivity index is 1.95. The molecule has 3 fully saturated rings. The highest BCUT2D eigenvalue weighted by molar-refractivity contribution is 5.39. The van der Waals surface area contributed by atoms with E-state index in [0.29, 0.717) is 37.7 Å². The molecule has 3 saturated carbocycles. The topological polar surface area (TPSA) is 80.9 Å². The lowest BCUT2D eigenvalue weighted by atomic mass is 9.55. The molecule has 0 radical (unpaired) electrons. The quantitative estimate of drug-likeness (QED) is 0.178. The lowest BCUT2D eigenvalue weighted by Crippen LogP contribution is -2.55.